The average Bonchev–Trinajstić information content (AvgIpc) is 2.51. The van der Waals surface area contributed by atoms with Crippen LogP contribution in [0.2, 0.25) is 0 Å². The number of methoxy groups -OCH3 is 1. The second-order valence-electron chi connectivity index (χ2n) is 4.78. The Balaban J connectivity index is 2.59. The van der Waals surface area contributed by atoms with Crippen LogP contribution in [0.4, 0.5) is 0 Å². The van der Waals surface area contributed by atoms with Gasteiger partial charge >= 0.3 is 0 Å². The molecule has 0 aliphatic heterocycles. The van der Waals surface area contributed by atoms with Crippen LogP contribution < -0.4 is 4.74 Å². The number of carbonyl (C=O) groups is 1. The van der Waals surface area contributed by atoms with Gasteiger partial charge in [-0.05, 0) is 36.6 Å². The highest BCUT2D eigenvalue weighted by Crippen LogP contribution is 2.13. The number of amides is 1. The highest BCUT2D eigenvalue weighted by atomic mass is 16.7. The molecular formula is C17H25NO3. The normalized spacial score (nSPS) is 10.8. The van der Waals surface area contributed by atoms with Crippen molar-refractivity contribution in [3.8, 4) is 5.75 Å². The van der Waals surface area contributed by atoms with E-state index in [1.807, 2.05) is 35.2 Å². The molecule has 0 aliphatic carbocycles. The van der Waals surface area contributed by atoms with Crippen molar-refractivity contribution in [1.82, 2.24) is 4.90 Å². The summed E-state index contributed by atoms with van der Waals surface area (Å²) in [7, 11) is 1.58. The van der Waals surface area contributed by atoms with Gasteiger partial charge in [-0.3, -0.25) is 4.79 Å². The fourth-order valence-electron chi connectivity index (χ4n) is 1.95. The van der Waals surface area contributed by atoms with Crippen LogP contribution in [0.15, 0.2) is 30.3 Å². The van der Waals surface area contributed by atoms with E-state index in [2.05, 4.69) is 13.8 Å². The molecule has 4 nitrogen and oxygen atoms in total. The van der Waals surface area contributed by atoms with Crippen LogP contribution in [-0.4, -0.2) is 37.8 Å². The van der Waals surface area contributed by atoms with Crippen molar-refractivity contribution in [3.63, 3.8) is 0 Å². The maximum absolute atomic E-state index is 12.1. The molecule has 116 valence electrons. The third-order valence-electron chi connectivity index (χ3n) is 2.94. The zero-order valence-electron chi connectivity index (χ0n) is 13.2. The minimum Gasteiger partial charge on any atom is -0.468 e. The van der Waals surface area contributed by atoms with Gasteiger partial charge in [0.05, 0.1) is 0 Å². The summed E-state index contributed by atoms with van der Waals surface area (Å²) < 4.78 is 10.2. The summed E-state index contributed by atoms with van der Waals surface area (Å²) in [4.78, 5) is 14.0. The predicted molar refractivity (Wildman–Crippen MR) is 85.1 cm³/mol. The molecule has 0 fully saturated rings. The molecule has 0 atom stereocenters. The molecule has 4 heteroatoms. The lowest BCUT2D eigenvalue weighted by Crippen LogP contribution is -2.30. The molecule has 1 rings (SSSR count). The van der Waals surface area contributed by atoms with Crippen LogP contribution >= 0.6 is 0 Å². The number of rotatable bonds is 9. The highest BCUT2D eigenvalue weighted by Gasteiger charge is 2.07. The molecular weight excluding hydrogens is 266 g/mol. The Bertz CT molecular complexity index is 434. The number of hydrogen-bond donors (Lipinski definition) is 0. The van der Waals surface area contributed by atoms with Gasteiger partial charge < -0.3 is 14.4 Å². The van der Waals surface area contributed by atoms with Gasteiger partial charge in [-0.25, -0.2) is 0 Å². The molecule has 0 heterocycles. The van der Waals surface area contributed by atoms with E-state index < -0.39 is 0 Å². The minimum atomic E-state index is 0.0680. The Labute approximate surface area is 127 Å². The fourth-order valence-corrected chi connectivity index (χ4v) is 1.95. The molecule has 21 heavy (non-hydrogen) atoms. The Hall–Kier alpha value is -1.81. The zero-order chi connectivity index (χ0) is 15.5. The number of nitrogens with zero attached hydrogens (tertiary/aromatic N) is 1. The van der Waals surface area contributed by atoms with Gasteiger partial charge in [-0.1, -0.05) is 26.0 Å². The molecule has 0 N–H and O–H groups in total. The molecule has 0 spiro atoms. The van der Waals surface area contributed by atoms with E-state index >= 15 is 0 Å². The number of hydrogen-bond acceptors (Lipinski definition) is 3. The average molecular weight is 291 g/mol. The second-order valence-corrected chi connectivity index (χ2v) is 4.78. The van der Waals surface area contributed by atoms with E-state index in [1.165, 1.54) is 0 Å². The smallest absolute Gasteiger partial charge is 0.246 e. The van der Waals surface area contributed by atoms with Crippen molar-refractivity contribution in [1.29, 1.82) is 0 Å². The highest BCUT2D eigenvalue weighted by molar-refractivity contribution is 5.91. The lowest BCUT2D eigenvalue weighted by Gasteiger charge is -2.19. The Kier molecular flexibility index (Phi) is 8.21. The lowest BCUT2D eigenvalue weighted by molar-refractivity contribution is -0.126. The van der Waals surface area contributed by atoms with Crippen molar-refractivity contribution in [2.24, 2.45) is 0 Å². The third kappa shape index (κ3) is 6.45. The molecule has 1 aromatic rings. The van der Waals surface area contributed by atoms with Gasteiger partial charge in [-0.15, -0.1) is 0 Å². The number of benzene rings is 1. The third-order valence-corrected chi connectivity index (χ3v) is 2.94. The molecule has 1 aromatic carbocycles. The predicted octanol–water partition coefficient (Wildman–Crippen LogP) is 3.33. The summed E-state index contributed by atoms with van der Waals surface area (Å²) in [6.45, 7) is 6.01. The summed E-state index contributed by atoms with van der Waals surface area (Å²) in [5.74, 6) is 0.817. The Morgan fingerprint density at radius 3 is 2.29 bits per heavy atom. The quantitative estimate of drug-likeness (QED) is 0.517. The topological polar surface area (TPSA) is 38.8 Å². The number of carbonyl (C=O) groups excluding carboxylic acids is 1. The van der Waals surface area contributed by atoms with Gasteiger partial charge in [0.15, 0.2) is 6.79 Å². The summed E-state index contributed by atoms with van der Waals surface area (Å²) in [6.07, 6.45) is 5.42. The van der Waals surface area contributed by atoms with Crippen LogP contribution in [0.5, 0.6) is 5.75 Å². The molecule has 0 aliphatic rings. The lowest BCUT2D eigenvalue weighted by atomic mass is 10.2. The maximum atomic E-state index is 12.1. The van der Waals surface area contributed by atoms with E-state index in [1.54, 1.807) is 13.2 Å². The van der Waals surface area contributed by atoms with E-state index in [-0.39, 0.29) is 12.7 Å². The summed E-state index contributed by atoms with van der Waals surface area (Å²) in [5.41, 5.74) is 0.973. The Morgan fingerprint density at radius 2 is 1.76 bits per heavy atom. The van der Waals surface area contributed by atoms with Crippen molar-refractivity contribution >= 4 is 12.0 Å². The summed E-state index contributed by atoms with van der Waals surface area (Å²) in [6, 6.07) is 7.55. The van der Waals surface area contributed by atoms with E-state index in [0.717, 1.165) is 37.2 Å². The minimum absolute atomic E-state index is 0.0680. The molecule has 0 aromatic heterocycles. The molecule has 0 unspecified atom stereocenters. The summed E-state index contributed by atoms with van der Waals surface area (Å²) in [5, 5.41) is 0. The van der Waals surface area contributed by atoms with Crippen LogP contribution in [-0.2, 0) is 9.53 Å². The molecule has 0 saturated carbocycles. The monoisotopic (exact) mass is 291 g/mol. The van der Waals surface area contributed by atoms with E-state index in [0.29, 0.717) is 0 Å². The van der Waals surface area contributed by atoms with Crippen molar-refractivity contribution < 1.29 is 14.3 Å². The second kappa shape index (κ2) is 10.00. The van der Waals surface area contributed by atoms with Crippen molar-refractivity contribution in [3.05, 3.63) is 35.9 Å². The van der Waals surface area contributed by atoms with Crippen molar-refractivity contribution in [2.45, 2.75) is 26.7 Å². The first-order chi connectivity index (χ1) is 10.2. The zero-order valence-corrected chi connectivity index (χ0v) is 13.2. The molecule has 0 radical (unpaired) electrons. The van der Waals surface area contributed by atoms with Gasteiger partial charge in [0.1, 0.15) is 5.75 Å². The molecule has 0 bridgehead atoms. The van der Waals surface area contributed by atoms with Gasteiger partial charge in [0, 0.05) is 26.3 Å². The van der Waals surface area contributed by atoms with Crippen LogP contribution in [0.25, 0.3) is 6.08 Å². The first-order valence-corrected chi connectivity index (χ1v) is 7.40. The first-order valence-electron chi connectivity index (χ1n) is 7.40. The van der Waals surface area contributed by atoms with Crippen LogP contribution in [0, 0.1) is 0 Å². The standard InChI is InChI=1S/C17H25NO3/c1-4-12-18(13-5-2)17(19)11-8-15-6-9-16(10-7-15)21-14-20-3/h6-11H,4-5,12-14H2,1-3H3/b11-8+. The fraction of sp³-hybridized carbons (Fsp3) is 0.471. The first kappa shape index (κ1) is 17.2. The van der Waals surface area contributed by atoms with E-state index in [4.69, 9.17) is 9.47 Å². The van der Waals surface area contributed by atoms with Gasteiger partial charge in [-0.2, -0.15) is 0 Å². The Morgan fingerprint density at radius 1 is 1.14 bits per heavy atom. The SMILES string of the molecule is CCCN(CCC)C(=O)/C=C/c1ccc(OCOC)cc1. The maximum Gasteiger partial charge on any atom is 0.246 e. The largest absolute Gasteiger partial charge is 0.468 e. The van der Waals surface area contributed by atoms with Crippen LogP contribution in [0.3, 0.4) is 0 Å². The molecule has 1 amide bonds. The summed E-state index contributed by atoms with van der Waals surface area (Å²) >= 11 is 0. The number of ether oxygens (including phenoxy) is 2. The van der Waals surface area contributed by atoms with Gasteiger partial charge in [0.25, 0.3) is 0 Å². The van der Waals surface area contributed by atoms with E-state index in [9.17, 15) is 4.79 Å². The van der Waals surface area contributed by atoms with Crippen molar-refractivity contribution in [2.75, 3.05) is 27.0 Å². The van der Waals surface area contributed by atoms with Crippen LogP contribution in [0.1, 0.15) is 32.3 Å². The van der Waals surface area contributed by atoms with Gasteiger partial charge in [0.2, 0.25) is 5.91 Å². The molecule has 0 saturated heterocycles.